The molecule has 3 fully saturated rings. The van der Waals surface area contributed by atoms with Gasteiger partial charge in [0.1, 0.15) is 11.4 Å². The smallest absolute Gasteiger partial charge is 0.410 e. The van der Waals surface area contributed by atoms with Gasteiger partial charge in [-0.05, 0) is 141 Å². The molecule has 2 unspecified atom stereocenters. The predicted molar refractivity (Wildman–Crippen MR) is 201 cm³/mol. The van der Waals surface area contributed by atoms with E-state index in [4.69, 9.17) is 14.7 Å². The van der Waals surface area contributed by atoms with Crippen molar-refractivity contribution in [2.75, 3.05) is 13.1 Å². The highest BCUT2D eigenvalue weighted by Crippen LogP contribution is 2.55. The predicted octanol–water partition coefficient (Wildman–Crippen LogP) is 9.66. The van der Waals surface area contributed by atoms with Crippen molar-refractivity contribution in [2.45, 2.75) is 114 Å². The molecule has 2 aliphatic carbocycles. The maximum atomic E-state index is 13.0. The van der Waals surface area contributed by atoms with E-state index in [0.29, 0.717) is 6.04 Å². The number of carbonyl (C=O) groups excluding carboxylic acids is 1. The Labute approximate surface area is 295 Å². The Kier molecular flexibility index (Phi) is 7.76. The number of benzene rings is 3. The fourth-order valence-electron chi connectivity index (χ4n) is 9.69. The standard InChI is InChI=1S/C43H49N5O2/c1-42(2,3)50-41(49)48-23-7-9-38(48)37-25-30(26-45-37)27-10-12-28(13-11-27)32-16-15-31(33-18-21-43(39(32)33)19-4-5-20-43)29-14-17-34-36(24-29)47-40(46-34)35-8-6-22-44-35/h10-17,24,26,35,38,44H,4-9,18-23,25H2,1-3H3,(H,46,47). The van der Waals surface area contributed by atoms with Gasteiger partial charge >= 0.3 is 6.09 Å². The minimum Gasteiger partial charge on any atom is -0.444 e. The number of H-pyrrole nitrogens is 1. The fraction of sp³-hybridized carbons (Fsp3) is 0.465. The van der Waals surface area contributed by atoms with E-state index in [1.807, 2.05) is 31.9 Å². The van der Waals surface area contributed by atoms with Crippen LogP contribution < -0.4 is 5.32 Å². The molecule has 2 N–H and O–H groups in total. The molecule has 4 heterocycles. The van der Waals surface area contributed by atoms with Crippen LogP contribution in [0.2, 0.25) is 0 Å². The summed E-state index contributed by atoms with van der Waals surface area (Å²) in [5, 5.41) is 3.59. The van der Waals surface area contributed by atoms with E-state index in [1.54, 1.807) is 11.1 Å². The third-order valence-electron chi connectivity index (χ3n) is 12.0. The van der Waals surface area contributed by atoms with Crippen molar-refractivity contribution >= 4 is 28.4 Å². The van der Waals surface area contributed by atoms with E-state index in [0.717, 1.165) is 67.8 Å². The Morgan fingerprint density at radius 2 is 1.68 bits per heavy atom. The van der Waals surface area contributed by atoms with Gasteiger partial charge in [-0.3, -0.25) is 9.89 Å². The van der Waals surface area contributed by atoms with Crippen molar-refractivity contribution < 1.29 is 9.53 Å². The third kappa shape index (κ3) is 5.58. The summed E-state index contributed by atoms with van der Waals surface area (Å²) in [5.41, 5.74) is 14.0. The van der Waals surface area contributed by atoms with Crippen LogP contribution in [0.3, 0.4) is 0 Å². The topological polar surface area (TPSA) is 82.6 Å². The number of nitrogens with one attached hydrogen (secondary N) is 2. The quantitative estimate of drug-likeness (QED) is 0.222. The largest absolute Gasteiger partial charge is 0.444 e. The number of rotatable bonds is 5. The summed E-state index contributed by atoms with van der Waals surface area (Å²) < 4.78 is 5.72. The van der Waals surface area contributed by atoms with Crippen LogP contribution in [0.4, 0.5) is 4.79 Å². The minimum absolute atomic E-state index is 0.0157. The van der Waals surface area contributed by atoms with Gasteiger partial charge in [0.25, 0.3) is 0 Å². The Bertz CT molecular complexity index is 2020. The molecule has 7 nitrogen and oxygen atoms in total. The number of allylic oxidation sites excluding steroid dienone is 1. The molecule has 1 amide bonds. The lowest BCUT2D eigenvalue weighted by Gasteiger charge is -2.29. The number of aliphatic imine (C=N–C) groups is 1. The summed E-state index contributed by atoms with van der Waals surface area (Å²) in [5.74, 6) is 1.07. The molecule has 7 heteroatoms. The number of carbonyl (C=O) groups is 1. The zero-order valence-corrected chi connectivity index (χ0v) is 29.8. The lowest BCUT2D eigenvalue weighted by molar-refractivity contribution is 0.0265. The first-order valence-corrected chi connectivity index (χ1v) is 19.0. The molecule has 2 atom stereocenters. The third-order valence-corrected chi connectivity index (χ3v) is 12.0. The SMILES string of the molecule is CC(C)(C)OC(=O)N1CCCC1C1=NC=C(c2ccc(-c3ccc(-c4ccc5nc(C6CCCN6)[nH]c5c4)c4c3C3(CCCC3)CC4)cc2)C1. The summed E-state index contributed by atoms with van der Waals surface area (Å²) in [6.45, 7) is 7.57. The van der Waals surface area contributed by atoms with Crippen molar-refractivity contribution in [3.8, 4) is 22.3 Å². The van der Waals surface area contributed by atoms with Crippen molar-refractivity contribution in [2.24, 2.45) is 4.99 Å². The number of aromatic nitrogens is 2. The minimum atomic E-state index is -0.504. The van der Waals surface area contributed by atoms with Crippen LogP contribution in [-0.4, -0.2) is 51.4 Å². The number of amides is 1. The van der Waals surface area contributed by atoms with Crippen molar-refractivity contribution in [3.05, 3.63) is 83.3 Å². The Morgan fingerprint density at radius 1 is 0.900 bits per heavy atom. The number of ether oxygens (including phenoxy) is 1. The van der Waals surface area contributed by atoms with Crippen LogP contribution in [0.5, 0.6) is 0 Å². The number of fused-ring (bicyclic) bond motifs is 3. The summed E-state index contributed by atoms with van der Waals surface area (Å²) >= 11 is 0. The van der Waals surface area contributed by atoms with Crippen LogP contribution >= 0.6 is 0 Å². The van der Waals surface area contributed by atoms with E-state index in [1.165, 1.54) is 71.9 Å². The van der Waals surface area contributed by atoms with Gasteiger partial charge in [0, 0.05) is 24.9 Å². The maximum absolute atomic E-state index is 13.0. The van der Waals surface area contributed by atoms with Gasteiger partial charge in [0.2, 0.25) is 0 Å². The molecular weight excluding hydrogens is 619 g/mol. The van der Waals surface area contributed by atoms with Gasteiger partial charge in [0.15, 0.2) is 0 Å². The van der Waals surface area contributed by atoms with Crippen LogP contribution in [-0.2, 0) is 16.6 Å². The van der Waals surface area contributed by atoms with Gasteiger partial charge in [0.05, 0.1) is 23.1 Å². The molecule has 50 heavy (non-hydrogen) atoms. The molecular formula is C43H49N5O2. The van der Waals surface area contributed by atoms with Gasteiger partial charge in [-0.2, -0.15) is 0 Å². The lowest BCUT2D eigenvalue weighted by atomic mass is 9.76. The molecule has 258 valence electrons. The molecule has 5 aliphatic rings. The first kappa shape index (κ1) is 31.7. The average molecular weight is 668 g/mol. The molecule has 3 aliphatic heterocycles. The molecule has 4 aromatic rings. The van der Waals surface area contributed by atoms with E-state index in [-0.39, 0.29) is 17.6 Å². The molecule has 0 radical (unpaired) electrons. The highest BCUT2D eigenvalue weighted by molar-refractivity contribution is 6.03. The monoisotopic (exact) mass is 667 g/mol. The first-order chi connectivity index (χ1) is 24.2. The lowest BCUT2D eigenvalue weighted by Crippen LogP contribution is -2.43. The molecule has 0 bridgehead atoms. The normalized spacial score (nSPS) is 22.8. The Hall–Kier alpha value is -4.23. The second-order valence-electron chi connectivity index (χ2n) is 16.4. The number of hydrogen-bond donors (Lipinski definition) is 2. The number of nitrogens with zero attached hydrogens (tertiary/aromatic N) is 3. The Balaban J connectivity index is 0.985. The molecule has 2 saturated heterocycles. The summed E-state index contributed by atoms with van der Waals surface area (Å²) in [7, 11) is 0. The molecule has 1 aromatic heterocycles. The highest BCUT2D eigenvalue weighted by atomic mass is 16.6. The van der Waals surface area contributed by atoms with Crippen LogP contribution in [0, 0.1) is 0 Å². The van der Waals surface area contributed by atoms with Crippen molar-refractivity contribution in [3.63, 3.8) is 0 Å². The van der Waals surface area contributed by atoms with Gasteiger partial charge in [-0.1, -0.05) is 55.3 Å². The summed E-state index contributed by atoms with van der Waals surface area (Å²) in [6.07, 6.45) is 14.5. The number of aromatic amines is 1. The van der Waals surface area contributed by atoms with Crippen molar-refractivity contribution in [1.29, 1.82) is 0 Å². The summed E-state index contributed by atoms with van der Waals surface area (Å²) in [6, 6.07) is 21.1. The molecule has 3 aromatic carbocycles. The summed E-state index contributed by atoms with van der Waals surface area (Å²) in [4.78, 5) is 28.3. The number of hydrogen-bond acceptors (Lipinski definition) is 5. The zero-order valence-electron chi connectivity index (χ0n) is 29.8. The number of likely N-dealkylation sites (tertiary alicyclic amines) is 1. The van der Waals surface area contributed by atoms with Gasteiger partial charge in [-0.25, -0.2) is 9.78 Å². The second-order valence-corrected chi connectivity index (χ2v) is 16.4. The van der Waals surface area contributed by atoms with E-state index in [2.05, 4.69) is 64.9 Å². The molecule has 1 saturated carbocycles. The van der Waals surface area contributed by atoms with Gasteiger partial charge in [-0.15, -0.1) is 0 Å². The van der Waals surface area contributed by atoms with Crippen LogP contribution in [0.1, 0.15) is 114 Å². The Morgan fingerprint density at radius 3 is 2.46 bits per heavy atom. The van der Waals surface area contributed by atoms with Crippen molar-refractivity contribution in [1.82, 2.24) is 20.2 Å². The first-order valence-electron chi connectivity index (χ1n) is 19.0. The average Bonchev–Trinajstić information content (AvgIpc) is 3.96. The van der Waals surface area contributed by atoms with Gasteiger partial charge < -0.3 is 15.0 Å². The maximum Gasteiger partial charge on any atom is 0.410 e. The highest BCUT2D eigenvalue weighted by Gasteiger charge is 2.43. The van der Waals surface area contributed by atoms with E-state index < -0.39 is 5.60 Å². The zero-order chi connectivity index (χ0) is 34.0. The van der Waals surface area contributed by atoms with E-state index in [9.17, 15) is 4.79 Å². The van der Waals surface area contributed by atoms with Crippen LogP contribution in [0.25, 0.3) is 38.9 Å². The second kappa shape index (κ2) is 12.2. The molecule has 9 rings (SSSR count). The number of imidazole rings is 1. The van der Waals surface area contributed by atoms with E-state index >= 15 is 0 Å². The van der Waals surface area contributed by atoms with Crippen LogP contribution in [0.15, 0.2) is 65.8 Å². The fourth-order valence-corrected chi connectivity index (χ4v) is 9.69. The molecule has 1 spiro atoms.